The van der Waals surface area contributed by atoms with Crippen molar-refractivity contribution >= 4 is 22.9 Å². The van der Waals surface area contributed by atoms with Crippen molar-refractivity contribution in [2.75, 3.05) is 18.4 Å². The van der Waals surface area contributed by atoms with Crippen molar-refractivity contribution in [2.24, 2.45) is 0 Å². The Hall–Kier alpha value is -1.79. The zero-order valence-electron chi connectivity index (χ0n) is 11.9. The Morgan fingerprint density at radius 3 is 2.91 bits per heavy atom. The van der Waals surface area contributed by atoms with Crippen LogP contribution >= 0.6 is 11.3 Å². The maximum Gasteiger partial charge on any atom is 0.238 e. The molecule has 3 rings (SSSR count). The largest absolute Gasteiger partial charge is 0.325 e. The van der Waals surface area contributed by atoms with Crippen molar-refractivity contribution in [3.63, 3.8) is 0 Å². The topological polar surface area (TPSA) is 32.3 Å². The van der Waals surface area contributed by atoms with Crippen LogP contribution in [0.1, 0.15) is 24.4 Å². The number of carbonyl (C=O) groups is 1. The molecule has 1 aliphatic heterocycles. The SMILES string of the molecule is O=C(CN1CCC[C@@H]1c1ccsc1)Nc1ccc(F)c(F)c1. The van der Waals surface area contributed by atoms with E-state index in [0.717, 1.165) is 31.5 Å². The summed E-state index contributed by atoms with van der Waals surface area (Å²) < 4.78 is 26.0. The van der Waals surface area contributed by atoms with E-state index in [1.807, 2.05) is 5.38 Å². The van der Waals surface area contributed by atoms with Crippen LogP contribution in [0.2, 0.25) is 0 Å². The molecule has 2 aromatic rings. The zero-order chi connectivity index (χ0) is 15.5. The summed E-state index contributed by atoms with van der Waals surface area (Å²) in [6.45, 7) is 1.12. The Labute approximate surface area is 131 Å². The number of anilines is 1. The fourth-order valence-electron chi connectivity index (χ4n) is 2.82. The number of amides is 1. The predicted molar refractivity (Wildman–Crippen MR) is 82.9 cm³/mol. The molecule has 0 bridgehead atoms. The highest BCUT2D eigenvalue weighted by molar-refractivity contribution is 7.07. The molecule has 3 nitrogen and oxygen atoms in total. The number of hydrogen-bond acceptors (Lipinski definition) is 3. The molecule has 0 saturated carbocycles. The number of thiophene rings is 1. The third-order valence-corrected chi connectivity index (χ3v) is 4.54. The van der Waals surface area contributed by atoms with Crippen molar-refractivity contribution in [3.05, 3.63) is 52.2 Å². The monoisotopic (exact) mass is 322 g/mol. The first-order chi connectivity index (χ1) is 10.6. The van der Waals surface area contributed by atoms with Crippen LogP contribution in [-0.4, -0.2) is 23.9 Å². The zero-order valence-corrected chi connectivity index (χ0v) is 12.7. The Balaban J connectivity index is 1.62. The molecule has 1 saturated heterocycles. The van der Waals surface area contributed by atoms with E-state index in [1.54, 1.807) is 11.3 Å². The Kier molecular flexibility index (Phi) is 4.49. The third-order valence-electron chi connectivity index (χ3n) is 3.84. The summed E-state index contributed by atoms with van der Waals surface area (Å²) in [6, 6.07) is 5.71. The van der Waals surface area contributed by atoms with Crippen molar-refractivity contribution < 1.29 is 13.6 Å². The van der Waals surface area contributed by atoms with Gasteiger partial charge in [-0.25, -0.2) is 8.78 Å². The quantitative estimate of drug-likeness (QED) is 0.928. The molecule has 1 fully saturated rings. The maximum atomic E-state index is 13.1. The molecule has 0 aliphatic carbocycles. The fraction of sp³-hybridized carbons (Fsp3) is 0.312. The van der Waals surface area contributed by atoms with Gasteiger partial charge in [-0.05, 0) is 53.9 Å². The Bertz CT molecular complexity index is 660. The van der Waals surface area contributed by atoms with Gasteiger partial charge in [-0.1, -0.05) is 0 Å². The van der Waals surface area contributed by atoms with Gasteiger partial charge >= 0.3 is 0 Å². The van der Waals surface area contributed by atoms with Crippen molar-refractivity contribution in [2.45, 2.75) is 18.9 Å². The summed E-state index contributed by atoms with van der Waals surface area (Å²) in [4.78, 5) is 14.2. The predicted octanol–water partition coefficient (Wildman–Crippen LogP) is 3.80. The minimum absolute atomic E-state index is 0.215. The third kappa shape index (κ3) is 3.34. The van der Waals surface area contributed by atoms with Crippen molar-refractivity contribution in [1.29, 1.82) is 0 Å². The van der Waals surface area contributed by atoms with E-state index < -0.39 is 11.6 Å². The average Bonchev–Trinajstić information content (AvgIpc) is 3.13. The average molecular weight is 322 g/mol. The first-order valence-corrected chi connectivity index (χ1v) is 8.09. The number of nitrogens with one attached hydrogen (secondary N) is 1. The maximum absolute atomic E-state index is 13.1. The van der Waals surface area contributed by atoms with Crippen LogP contribution in [-0.2, 0) is 4.79 Å². The molecule has 0 spiro atoms. The number of nitrogens with zero attached hydrogens (tertiary/aromatic N) is 1. The summed E-state index contributed by atoms with van der Waals surface area (Å²) in [6.07, 6.45) is 2.09. The lowest BCUT2D eigenvalue weighted by Crippen LogP contribution is -2.32. The molecule has 1 amide bonds. The van der Waals surface area contributed by atoms with Gasteiger partial charge in [-0.3, -0.25) is 9.69 Å². The standard InChI is InChI=1S/C16H16F2N2OS/c17-13-4-3-12(8-14(13)18)19-16(21)9-20-6-1-2-15(20)11-5-7-22-10-11/h3-5,7-8,10,15H,1-2,6,9H2,(H,19,21)/t15-/m1/s1. The minimum Gasteiger partial charge on any atom is -0.325 e. The van der Waals surface area contributed by atoms with Gasteiger partial charge in [0.05, 0.1) is 6.54 Å². The molecule has 1 N–H and O–H groups in total. The summed E-state index contributed by atoms with van der Waals surface area (Å²) in [7, 11) is 0. The second-order valence-electron chi connectivity index (χ2n) is 5.36. The minimum atomic E-state index is -0.963. The van der Waals surface area contributed by atoms with Crippen LogP contribution < -0.4 is 5.32 Å². The first-order valence-electron chi connectivity index (χ1n) is 7.14. The van der Waals surface area contributed by atoms with E-state index >= 15 is 0 Å². The van der Waals surface area contributed by atoms with Crippen LogP contribution in [0.4, 0.5) is 14.5 Å². The normalized spacial score (nSPS) is 18.5. The molecular formula is C16H16F2N2OS. The van der Waals surface area contributed by atoms with Gasteiger partial charge in [0.2, 0.25) is 5.91 Å². The van der Waals surface area contributed by atoms with E-state index in [0.29, 0.717) is 0 Å². The summed E-state index contributed by atoms with van der Waals surface area (Å²) in [5.41, 5.74) is 1.51. The first kappa shape index (κ1) is 15.1. The van der Waals surface area contributed by atoms with Crippen molar-refractivity contribution in [3.8, 4) is 0 Å². The van der Waals surface area contributed by atoms with E-state index in [9.17, 15) is 13.6 Å². The number of rotatable bonds is 4. The Morgan fingerprint density at radius 2 is 2.18 bits per heavy atom. The van der Waals surface area contributed by atoms with E-state index in [-0.39, 0.29) is 24.2 Å². The van der Waals surface area contributed by atoms with Gasteiger partial charge in [-0.15, -0.1) is 0 Å². The van der Waals surface area contributed by atoms with Gasteiger partial charge in [0.15, 0.2) is 11.6 Å². The van der Waals surface area contributed by atoms with Gasteiger partial charge in [0, 0.05) is 17.8 Å². The number of halogens is 2. The molecule has 22 heavy (non-hydrogen) atoms. The molecule has 116 valence electrons. The van der Waals surface area contributed by atoms with Crippen molar-refractivity contribution in [1.82, 2.24) is 4.90 Å². The van der Waals surface area contributed by atoms with Crippen LogP contribution in [0.15, 0.2) is 35.0 Å². The summed E-state index contributed by atoms with van der Waals surface area (Å²) in [5.74, 6) is -2.10. The van der Waals surface area contributed by atoms with Crippen LogP contribution in [0, 0.1) is 11.6 Å². The highest BCUT2D eigenvalue weighted by Gasteiger charge is 2.27. The van der Waals surface area contributed by atoms with Gasteiger partial charge in [-0.2, -0.15) is 11.3 Å². The second kappa shape index (κ2) is 6.54. The molecule has 0 unspecified atom stereocenters. The fourth-order valence-corrected chi connectivity index (χ4v) is 3.52. The van der Waals surface area contributed by atoms with Gasteiger partial charge in [0.1, 0.15) is 0 Å². The molecule has 1 aromatic carbocycles. The Morgan fingerprint density at radius 1 is 1.32 bits per heavy atom. The molecule has 0 radical (unpaired) electrons. The van der Waals surface area contributed by atoms with Gasteiger partial charge in [0.25, 0.3) is 0 Å². The smallest absolute Gasteiger partial charge is 0.238 e. The lowest BCUT2D eigenvalue weighted by molar-refractivity contribution is -0.117. The summed E-state index contributed by atoms with van der Waals surface area (Å²) in [5, 5.41) is 6.76. The van der Waals surface area contributed by atoms with E-state index in [2.05, 4.69) is 21.7 Å². The van der Waals surface area contributed by atoms with Crippen LogP contribution in [0.25, 0.3) is 0 Å². The lowest BCUT2D eigenvalue weighted by atomic mass is 10.1. The highest BCUT2D eigenvalue weighted by Crippen LogP contribution is 2.32. The molecule has 6 heteroatoms. The lowest BCUT2D eigenvalue weighted by Gasteiger charge is -2.23. The molecule has 1 atom stereocenters. The van der Waals surface area contributed by atoms with Gasteiger partial charge < -0.3 is 5.32 Å². The highest BCUT2D eigenvalue weighted by atomic mass is 32.1. The molecule has 1 aliphatic rings. The van der Waals surface area contributed by atoms with E-state index in [4.69, 9.17) is 0 Å². The number of hydrogen-bond donors (Lipinski definition) is 1. The number of carbonyl (C=O) groups excluding carboxylic acids is 1. The second-order valence-corrected chi connectivity index (χ2v) is 6.14. The van der Waals surface area contributed by atoms with E-state index in [1.165, 1.54) is 11.6 Å². The molecule has 2 heterocycles. The summed E-state index contributed by atoms with van der Waals surface area (Å²) >= 11 is 1.65. The molecule has 1 aromatic heterocycles. The van der Waals surface area contributed by atoms with Crippen LogP contribution in [0.3, 0.4) is 0 Å². The molecular weight excluding hydrogens is 306 g/mol. The number of likely N-dealkylation sites (tertiary alicyclic amines) is 1. The van der Waals surface area contributed by atoms with Crippen LogP contribution in [0.5, 0.6) is 0 Å². The number of benzene rings is 1.